The Morgan fingerprint density at radius 2 is 1.91 bits per heavy atom. The number of hydrogen-bond acceptors (Lipinski definition) is 3. The van der Waals surface area contributed by atoms with Gasteiger partial charge in [0.15, 0.2) is 17.5 Å². The minimum absolute atomic E-state index is 0.603. The molecule has 1 atom stereocenters. The van der Waals surface area contributed by atoms with E-state index in [1.165, 1.54) is 0 Å². The minimum atomic E-state index is -3.00. The van der Waals surface area contributed by atoms with Crippen molar-refractivity contribution in [3.63, 3.8) is 0 Å². The van der Waals surface area contributed by atoms with Gasteiger partial charge in [0.1, 0.15) is 0 Å². The van der Waals surface area contributed by atoms with Crippen LogP contribution in [-0.4, -0.2) is 36.9 Å². The van der Waals surface area contributed by atoms with E-state index in [0.717, 1.165) is 6.07 Å². The van der Waals surface area contributed by atoms with Crippen molar-refractivity contribution >= 4 is 17.5 Å². The summed E-state index contributed by atoms with van der Waals surface area (Å²) in [5, 5.41) is 6.33. The van der Waals surface area contributed by atoms with Crippen molar-refractivity contribution in [1.82, 2.24) is 10.6 Å². The van der Waals surface area contributed by atoms with Crippen LogP contribution in [0.25, 0.3) is 0 Å². The van der Waals surface area contributed by atoms with Crippen molar-refractivity contribution < 1.29 is 31.5 Å². The van der Waals surface area contributed by atoms with Crippen molar-refractivity contribution in [3.05, 3.63) is 29.6 Å². The van der Waals surface area contributed by atoms with Crippen molar-refractivity contribution in [3.8, 4) is 0 Å². The zero-order chi connectivity index (χ0) is 17.2. The smallest absolute Gasteiger partial charge is 0.262 e. The summed E-state index contributed by atoms with van der Waals surface area (Å²) in [5.41, 5.74) is -0.603. The largest absolute Gasteiger partial charge is 0.346 e. The van der Waals surface area contributed by atoms with E-state index in [-0.39, 0.29) is 0 Å². The summed E-state index contributed by atoms with van der Waals surface area (Å²) < 4.78 is 64.9. The third-order valence-electron chi connectivity index (χ3n) is 3.16. The molecule has 5 nitrogen and oxygen atoms in total. The lowest BCUT2D eigenvalue weighted by molar-refractivity contribution is -0.125. The second-order valence-electron chi connectivity index (χ2n) is 4.98. The molecule has 1 aliphatic heterocycles. The van der Waals surface area contributed by atoms with E-state index in [1.54, 1.807) is 0 Å². The molecule has 1 aliphatic rings. The van der Waals surface area contributed by atoms with Crippen molar-refractivity contribution in [2.24, 2.45) is 0 Å². The molecule has 10 heteroatoms. The van der Waals surface area contributed by atoms with Crippen LogP contribution in [0.3, 0.4) is 0 Å². The Bertz CT molecular complexity index is 638. The van der Waals surface area contributed by atoms with Crippen LogP contribution in [0, 0.1) is 17.5 Å². The number of carbonyl (C=O) groups excluding carboxylic acids is 2. The van der Waals surface area contributed by atoms with Gasteiger partial charge in [-0.05, 0) is 12.1 Å². The SMILES string of the molecule is O=C(CNC(=O)C1CC(F)(F)CN1)Nc1ccc(F)c(F)c1F. The molecule has 1 aromatic carbocycles. The first-order valence-electron chi connectivity index (χ1n) is 6.52. The molecular weight excluding hydrogens is 325 g/mol. The molecule has 0 aromatic heterocycles. The number of carbonyl (C=O) groups is 2. The lowest BCUT2D eigenvalue weighted by Crippen LogP contribution is -2.43. The number of hydrogen-bond donors (Lipinski definition) is 3. The molecule has 0 spiro atoms. The minimum Gasteiger partial charge on any atom is -0.346 e. The van der Waals surface area contributed by atoms with Gasteiger partial charge in [0, 0.05) is 6.42 Å². The van der Waals surface area contributed by atoms with Crippen molar-refractivity contribution in [2.45, 2.75) is 18.4 Å². The standard InChI is InChI=1S/C13H12F5N3O2/c14-6-1-2-7(11(16)10(6)15)21-9(22)4-19-12(23)8-3-13(17,18)5-20-8/h1-2,8,20H,3-5H2,(H,19,23)(H,21,22). The van der Waals surface area contributed by atoms with E-state index in [1.807, 2.05) is 5.32 Å². The van der Waals surface area contributed by atoms with Gasteiger partial charge in [-0.1, -0.05) is 0 Å². The maximum absolute atomic E-state index is 13.3. The fraction of sp³-hybridized carbons (Fsp3) is 0.385. The molecule has 1 unspecified atom stereocenters. The molecule has 1 saturated heterocycles. The van der Waals surface area contributed by atoms with Gasteiger partial charge in [0.25, 0.3) is 5.92 Å². The molecule has 1 fully saturated rings. The molecule has 0 bridgehead atoms. The maximum atomic E-state index is 13.3. The van der Waals surface area contributed by atoms with Gasteiger partial charge >= 0.3 is 0 Å². The summed E-state index contributed by atoms with van der Waals surface area (Å²) in [6.07, 6.45) is -0.696. The summed E-state index contributed by atoms with van der Waals surface area (Å²) in [7, 11) is 0. The third kappa shape index (κ3) is 4.15. The zero-order valence-corrected chi connectivity index (χ0v) is 11.6. The highest BCUT2D eigenvalue weighted by Gasteiger charge is 2.42. The van der Waals surface area contributed by atoms with Gasteiger partial charge in [-0.25, -0.2) is 22.0 Å². The number of nitrogens with one attached hydrogen (secondary N) is 3. The van der Waals surface area contributed by atoms with E-state index >= 15 is 0 Å². The van der Waals surface area contributed by atoms with Gasteiger partial charge in [0.2, 0.25) is 11.8 Å². The van der Waals surface area contributed by atoms with Crippen LogP contribution in [0.4, 0.5) is 27.6 Å². The Hall–Kier alpha value is -2.23. The Morgan fingerprint density at radius 3 is 2.52 bits per heavy atom. The molecule has 0 saturated carbocycles. The van der Waals surface area contributed by atoms with Crippen molar-refractivity contribution in [2.75, 3.05) is 18.4 Å². The fourth-order valence-electron chi connectivity index (χ4n) is 2.01. The van der Waals surface area contributed by atoms with Crippen LogP contribution >= 0.6 is 0 Å². The highest BCUT2D eigenvalue weighted by molar-refractivity contribution is 5.95. The average molecular weight is 337 g/mol. The fourth-order valence-corrected chi connectivity index (χ4v) is 2.01. The molecule has 1 aromatic rings. The molecular formula is C13H12F5N3O2. The molecule has 2 rings (SSSR count). The Labute approximate surface area is 127 Å². The van der Waals surface area contributed by atoms with E-state index < -0.39 is 66.4 Å². The summed E-state index contributed by atoms with van der Waals surface area (Å²) in [6.45, 7) is -1.28. The average Bonchev–Trinajstić information content (AvgIpc) is 2.85. The summed E-state index contributed by atoms with van der Waals surface area (Å²) in [6, 6.07) is 0.293. The maximum Gasteiger partial charge on any atom is 0.262 e. The second kappa shape index (κ2) is 6.49. The quantitative estimate of drug-likeness (QED) is 0.570. The molecule has 2 amide bonds. The lowest BCUT2D eigenvalue weighted by atomic mass is 10.2. The number of amides is 2. The first kappa shape index (κ1) is 17.1. The molecule has 3 N–H and O–H groups in total. The summed E-state index contributed by atoms with van der Waals surface area (Å²) in [5.74, 6) is -9.48. The molecule has 126 valence electrons. The monoisotopic (exact) mass is 337 g/mol. The van der Waals surface area contributed by atoms with E-state index in [4.69, 9.17) is 0 Å². The van der Waals surface area contributed by atoms with Gasteiger partial charge in [-0.2, -0.15) is 0 Å². The van der Waals surface area contributed by atoms with Crippen LogP contribution in [0.5, 0.6) is 0 Å². The predicted octanol–water partition coefficient (Wildman–Crippen LogP) is 1.16. The number of rotatable bonds is 4. The highest BCUT2D eigenvalue weighted by atomic mass is 19.3. The van der Waals surface area contributed by atoms with Crippen LogP contribution in [0.2, 0.25) is 0 Å². The van der Waals surface area contributed by atoms with Crippen LogP contribution in [0.1, 0.15) is 6.42 Å². The number of halogens is 5. The Kier molecular flexibility index (Phi) is 4.83. The topological polar surface area (TPSA) is 70.2 Å². The number of alkyl halides is 2. The second-order valence-corrected chi connectivity index (χ2v) is 4.98. The van der Waals surface area contributed by atoms with Crippen molar-refractivity contribution in [1.29, 1.82) is 0 Å². The number of anilines is 1. The summed E-state index contributed by atoms with van der Waals surface area (Å²) >= 11 is 0. The van der Waals surface area contributed by atoms with E-state index in [2.05, 4.69) is 10.6 Å². The zero-order valence-electron chi connectivity index (χ0n) is 11.6. The Balaban J connectivity index is 1.86. The predicted molar refractivity (Wildman–Crippen MR) is 69.3 cm³/mol. The third-order valence-corrected chi connectivity index (χ3v) is 3.16. The Morgan fingerprint density at radius 1 is 1.22 bits per heavy atom. The highest BCUT2D eigenvalue weighted by Crippen LogP contribution is 2.25. The molecule has 1 heterocycles. The van der Waals surface area contributed by atoms with Gasteiger partial charge in [-0.3, -0.25) is 14.9 Å². The van der Waals surface area contributed by atoms with Gasteiger partial charge in [0.05, 0.1) is 24.8 Å². The molecule has 23 heavy (non-hydrogen) atoms. The van der Waals surface area contributed by atoms with Gasteiger partial charge < -0.3 is 10.6 Å². The van der Waals surface area contributed by atoms with Crippen LogP contribution in [-0.2, 0) is 9.59 Å². The van der Waals surface area contributed by atoms with E-state index in [9.17, 15) is 31.5 Å². The normalized spacial score (nSPS) is 19.4. The molecule has 0 aliphatic carbocycles. The van der Waals surface area contributed by atoms with E-state index in [0.29, 0.717) is 6.07 Å². The lowest BCUT2D eigenvalue weighted by Gasteiger charge is -2.12. The van der Waals surface area contributed by atoms with Gasteiger partial charge in [-0.15, -0.1) is 0 Å². The van der Waals surface area contributed by atoms with Crippen LogP contribution < -0.4 is 16.0 Å². The first-order chi connectivity index (χ1) is 10.7. The molecule has 0 radical (unpaired) electrons. The summed E-state index contributed by atoms with van der Waals surface area (Å²) in [4.78, 5) is 23.1. The first-order valence-corrected chi connectivity index (χ1v) is 6.52. The number of benzene rings is 1. The van der Waals surface area contributed by atoms with Crippen LogP contribution in [0.15, 0.2) is 12.1 Å².